The molecule has 7 heteroatoms. The molecule has 2 rings (SSSR count). The largest absolute Gasteiger partial charge is 0.366 e. The van der Waals surface area contributed by atoms with E-state index in [1.807, 2.05) is 13.8 Å². The van der Waals surface area contributed by atoms with E-state index in [0.29, 0.717) is 13.0 Å². The Morgan fingerprint density at radius 2 is 2.10 bits per heavy atom. The molecule has 0 saturated carbocycles. The van der Waals surface area contributed by atoms with Crippen LogP contribution in [0.5, 0.6) is 0 Å². The lowest BCUT2D eigenvalue weighted by Crippen LogP contribution is -2.27. The zero-order chi connectivity index (χ0) is 15.4. The van der Waals surface area contributed by atoms with Gasteiger partial charge in [-0.3, -0.25) is 14.6 Å². The van der Waals surface area contributed by atoms with Crippen molar-refractivity contribution in [1.29, 1.82) is 0 Å². The monoisotopic (exact) mass is 288 g/mol. The second-order valence-corrected chi connectivity index (χ2v) is 4.60. The molecule has 2 heterocycles. The van der Waals surface area contributed by atoms with Gasteiger partial charge in [-0.25, -0.2) is 0 Å². The quantitative estimate of drug-likeness (QED) is 0.843. The molecule has 0 radical (unpaired) electrons. The Morgan fingerprint density at radius 3 is 2.62 bits per heavy atom. The van der Waals surface area contributed by atoms with Crippen molar-refractivity contribution in [3.63, 3.8) is 0 Å². The average Bonchev–Trinajstić information content (AvgIpc) is 2.79. The fraction of sp³-hybridized carbons (Fsp3) is 0.286. The minimum Gasteiger partial charge on any atom is -0.366 e. The Hall–Kier alpha value is -2.70. The van der Waals surface area contributed by atoms with Crippen LogP contribution in [0, 0.1) is 13.8 Å². The van der Waals surface area contributed by atoms with E-state index >= 15 is 0 Å². The number of pyridine rings is 1. The van der Waals surface area contributed by atoms with E-state index in [4.69, 9.17) is 10.3 Å². The van der Waals surface area contributed by atoms with Gasteiger partial charge in [0, 0.05) is 18.3 Å². The number of primary amides is 1. The molecule has 0 aliphatic rings. The maximum absolute atomic E-state index is 11.9. The topological polar surface area (TPSA) is 111 Å². The van der Waals surface area contributed by atoms with Crippen LogP contribution in [0.3, 0.4) is 0 Å². The van der Waals surface area contributed by atoms with Crippen LogP contribution in [-0.2, 0) is 6.42 Å². The van der Waals surface area contributed by atoms with Gasteiger partial charge >= 0.3 is 0 Å². The second kappa shape index (κ2) is 6.17. The first-order valence-electron chi connectivity index (χ1n) is 6.45. The summed E-state index contributed by atoms with van der Waals surface area (Å²) in [5.41, 5.74) is 7.43. The molecular formula is C14H16N4O3. The van der Waals surface area contributed by atoms with E-state index < -0.39 is 5.91 Å². The third kappa shape index (κ3) is 3.44. The van der Waals surface area contributed by atoms with Crippen LogP contribution in [0.1, 0.15) is 37.9 Å². The highest BCUT2D eigenvalue weighted by Crippen LogP contribution is 2.12. The zero-order valence-corrected chi connectivity index (χ0v) is 11.8. The van der Waals surface area contributed by atoms with E-state index in [2.05, 4.69) is 15.5 Å². The first-order valence-corrected chi connectivity index (χ1v) is 6.45. The standard InChI is InChI=1S/C14H16N4O3/c1-8-11(9(2)21-18-8)5-6-16-14(20)12-4-3-10(7-17-12)13(15)19/h3-4,7H,5-6H2,1-2H3,(H2,15,19)(H,16,20). The molecule has 0 atom stereocenters. The van der Waals surface area contributed by atoms with Gasteiger partial charge in [-0.15, -0.1) is 0 Å². The van der Waals surface area contributed by atoms with Crippen molar-refractivity contribution >= 4 is 11.8 Å². The van der Waals surface area contributed by atoms with E-state index in [9.17, 15) is 9.59 Å². The molecule has 3 N–H and O–H groups in total. The highest BCUT2D eigenvalue weighted by atomic mass is 16.5. The molecule has 0 bridgehead atoms. The van der Waals surface area contributed by atoms with Gasteiger partial charge < -0.3 is 15.6 Å². The summed E-state index contributed by atoms with van der Waals surface area (Å²) in [5, 5.41) is 6.61. The van der Waals surface area contributed by atoms with Gasteiger partial charge in [0.05, 0.1) is 11.3 Å². The van der Waals surface area contributed by atoms with Gasteiger partial charge in [0.1, 0.15) is 11.5 Å². The lowest BCUT2D eigenvalue weighted by Gasteiger charge is -2.05. The molecule has 2 aromatic rings. The normalized spacial score (nSPS) is 10.4. The zero-order valence-electron chi connectivity index (χ0n) is 11.8. The van der Waals surface area contributed by atoms with E-state index in [1.54, 1.807) is 0 Å². The highest BCUT2D eigenvalue weighted by Gasteiger charge is 2.11. The third-order valence-corrected chi connectivity index (χ3v) is 3.12. The molecule has 7 nitrogen and oxygen atoms in total. The molecule has 21 heavy (non-hydrogen) atoms. The van der Waals surface area contributed by atoms with Crippen molar-refractivity contribution in [3.8, 4) is 0 Å². The number of hydrogen-bond donors (Lipinski definition) is 2. The first kappa shape index (κ1) is 14.7. The lowest BCUT2D eigenvalue weighted by atomic mass is 10.1. The molecule has 0 aliphatic carbocycles. The fourth-order valence-electron chi connectivity index (χ4n) is 1.92. The smallest absolute Gasteiger partial charge is 0.269 e. The predicted molar refractivity (Wildman–Crippen MR) is 74.8 cm³/mol. The van der Waals surface area contributed by atoms with Crippen LogP contribution in [-0.4, -0.2) is 28.5 Å². The maximum atomic E-state index is 11.9. The van der Waals surface area contributed by atoms with Gasteiger partial charge in [-0.1, -0.05) is 5.16 Å². The van der Waals surface area contributed by atoms with E-state index in [-0.39, 0.29) is 17.2 Å². The average molecular weight is 288 g/mol. The molecule has 110 valence electrons. The van der Waals surface area contributed by atoms with Gasteiger partial charge in [0.15, 0.2) is 0 Å². The fourth-order valence-corrected chi connectivity index (χ4v) is 1.92. The Balaban J connectivity index is 1.91. The Kier molecular flexibility index (Phi) is 4.32. The number of aryl methyl sites for hydroxylation is 2. The van der Waals surface area contributed by atoms with Gasteiger partial charge in [0.25, 0.3) is 5.91 Å². The van der Waals surface area contributed by atoms with Gasteiger partial charge in [-0.2, -0.15) is 0 Å². The molecule has 0 saturated heterocycles. The molecular weight excluding hydrogens is 272 g/mol. The Morgan fingerprint density at radius 1 is 1.33 bits per heavy atom. The van der Waals surface area contributed by atoms with Crippen LogP contribution >= 0.6 is 0 Å². The minimum atomic E-state index is -0.576. The summed E-state index contributed by atoms with van der Waals surface area (Å²) in [6.45, 7) is 4.14. The van der Waals surface area contributed by atoms with Gasteiger partial charge in [0.2, 0.25) is 5.91 Å². The van der Waals surface area contributed by atoms with Crippen LogP contribution in [0.15, 0.2) is 22.9 Å². The number of nitrogens with zero attached hydrogens (tertiary/aromatic N) is 2. The molecule has 0 spiro atoms. The number of hydrogen-bond acceptors (Lipinski definition) is 5. The maximum Gasteiger partial charge on any atom is 0.269 e. The summed E-state index contributed by atoms with van der Waals surface area (Å²) in [4.78, 5) is 26.7. The number of carbonyl (C=O) groups is 2. The number of carbonyl (C=O) groups excluding carboxylic acids is 2. The number of nitrogens with one attached hydrogen (secondary N) is 1. The van der Waals surface area contributed by atoms with Crippen molar-refractivity contribution in [2.45, 2.75) is 20.3 Å². The van der Waals surface area contributed by atoms with Crippen molar-refractivity contribution in [2.75, 3.05) is 6.54 Å². The summed E-state index contributed by atoms with van der Waals surface area (Å²) < 4.78 is 5.05. The highest BCUT2D eigenvalue weighted by molar-refractivity contribution is 5.95. The number of nitrogens with two attached hydrogens (primary N) is 1. The summed E-state index contributed by atoms with van der Waals surface area (Å²) in [6.07, 6.45) is 1.91. The van der Waals surface area contributed by atoms with Crippen molar-refractivity contribution in [3.05, 3.63) is 46.6 Å². The van der Waals surface area contributed by atoms with Crippen LogP contribution in [0.25, 0.3) is 0 Å². The molecule has 0 fully saturated rings. The minimum absolute atomic E-state index is 0.235. The van der Waals surface area contributed by atoms with Crippen molar-refractivity contribution in [1.82, 2.24) is 15.5 Å². The van der Waals surface area contributed by atoms with Gasteiger partial charge in [-0.05, 0) is 32.4 Å². The van der Waals surface area contributed by atoms with Crippen LogP contribution < -0.4 is 11.1 Å². The summed E-state index contributed by atoms with van der Waals surface area (Å²) >= 11 is 0. The molecule has 2 aromatic heterocycles. The summed E-state index contributed by atoms with van der Waals surface area (Å²) in [5.74, 6) is -0.128. The van der Waals surface area contributed by atoms with Crippen LogP contribution in [0.2, 0.25) is 0 Å². The van der Waals surface area contributed by atoms with E-state index in [0.717, 1.165) is 17.0 Å². The SMILES string of the molecule is Cc1noc(C)c1CCNC(=O)c1ccc(C(N)=O)cn1. The third-order valence-electron chi connectivity index (χ3n) is 3.12. The number of aromatic nitrogens is 2. The lowest BCUT2D eigenvalue weighted by molar-refractivity contribution is 0.0946. The predicted octanol–water partition coefficient (Wildman–Crippen LogP) is 0.758. The second-order valence-electron chi connectivity index (χ2n) is 4.60. The summed E-state index contributed by atoms with van der Waals surface area (Å²) in [6, 6.07) is 2.93. The number of amides is 2. The molecule has 2 amide bonds. The Bertz CT molecular complexity index is 642. The molecule has 0 aromatic carbocycles. The molecule has 0 unspecified atom stereocenters. The number of rotatable bonds is 5. The van der Waals surface area contributed by atoms with Crippen LogP contribution in [0.4, 0.5) is 0 Å². The Labute approximate surface area is 121 Å². The van der Waals surface area contributed by atoms with E-state index in [1.165, 1.54) is 18.3 Å². The molecule has 0 aliphatic heterocycles. The first-order chi connectivity index (χ1) is 9.99. The summed E-state index contributed by atoms with van der Waals surface area (Å²) in [7, 11) is 0. The van der Waals surface area contributed by atoms with Crippen molar-refractivity contribution < 1.29 is 14.1 Å². The van der Waals surface area contributed by atoms with Crippen molar-refractivity contribution in [2.24, 2.45) is 5.73 Å².